The number of H-pyrrole nitrogens is 1. The van der Waals surface area contributed by atoms with Crippen LogP contribution in [0.25, 0.3) is 0 Å². The van der Waals surface area contributed by atoms with Crippen LogP contribution in [-0.4, -0.2) is 18.4 Å². The van der Waals surface area contributed by atoms with Crippen LogP contribution in [0.2, 0.25) is 4.34 Å². The Morgan fingerprint density at radius 1 is 1.56 bits per heavy atom. The molecule has 0 fully saturated rings. The second kappa shape index (κ2) is 5.00. The van der Waals surface area contributed by atoms with Crippen LogP contribution >= 0.6 is 22.9 Å². The smallest absolute Gasteiger partial charge is 0.250 e. The first-order valence-electron chi connectivity index (χ1n) is 5.17. The molecule has 2 N–H and O–H groups in total. The number of sulfonamides is 1. The topological polar surface area (TPSA) is 74.8 Å². The Morgan fingerprint density at radius 2 is 2.28 bits per heavy atom. The van der Waals surface area contributed by atoms with E-state index in [1.165, 1.54) is 0 Å². The van der Waals surface area contributed by atoms with Crippen LogP contribution in [0.3, 0.4) is 0 Å². The van der Waals surface area contributed by atoms with Gasteiger partial charge in [0.25, 0.3) is 10.0 Å². The molecular weight excluding hydrogens is 294 g/mol. The fourth-order valence-corrected chi connectivity index (χ4v) is 4.36. The summed E-state index contributed by atoms with van der Waals surface area (Å²) in [4.78, 5) is 6.88. The molecule has 2 aromatic heterocycles. The van der Waals surface area contributed by atoms with Crippen LogP contribution in [0.5, 0.6) is 0 Å². The van der Waals surface area contributed by atoms with Crippen LogP contribution in [0.4, 0.5) is 0 Å². The number of nitrogens with zero attached hydrogens (tertiary/aromatic N) is 1. The monoisotopic (exact) mass is 305 g/mol. The molecule has 2 rings (SSSR count). The largest absolute Gasteiger partial charge is 0.347 e. The normalized spacial score (nSPS) is 13.7. The van der Waals surface area contributed by atoms with Crippen molar-refractivity contribution in [3.05, 3.63) is 34.2 Å². The van der Waals surface area contributed by atoms with Gasteiger partial charge in [-0.2, -0.15) is 0 Å². The quantitative estimate of drug-likeness (QED) is 0.911. The number of aromatic nitrogens is 2. The van der Waals surface area contributed by atoms with Crippen molar-refractivity contribution in [2.24, 2.45) is 0 Å². The van der Waals surface area contributed by atoms with E-state index in [0.717, 1.165) is 16.9 Å². The van der Waals surface area contributed by atoms with Gasteiger partial charge in [-0.3, -0.25) is 0 Å². The molecular formula is C10H12ClN3O2S2. The lowest BCUT2D eigenvalue weighted by Gasteiger charge is -2.10. The zero-order valence-corrected chi connectivity index (χ0v) is 12.2. The van der Waals surface area contributed by atoms with Crippen molar-refractivity contribution in [3.8, 4) is 0 Å². The molecule has 2 aromatic rings. The summed E-state index contributed by atoms with van der Waals surface area (Å²) in [6, 6.07) is 1.13. The van der Waals surface area contributed by atoms with Gasteiger partial charge in [0.1, 0.15) is 10.0 Å². The molecule has 1 unspecified atom stereocenters. The van der Waals surface area contributed by atoms with E-state index < -0.39 is 16.1 Å². The standard InChI is InChI=1S/C10H12ClN3O2S2/c1-6-5-8(17-9(6)11)18(15,16)14-7(2)10-12-3-4-13-10/h3-5,7,14H,1-2H3,(H,12,13). The minimum atomic E-state index is -3.56. The maximum Gasteiger partial charge on any atom is 0.250 e. The molecule has 5 nitrogen and oxygen atoms in total. The minimum Gasteiger partial charge on any atom is -0.347 e. The third kappa shape index (κ3) is 2.74. The number of hydrogen-bond donors (Lipinski definition) is 2. The highest BCUT2D eigenvalue weighted by molar-refractivity contribution is 7.91. The number of imidazole rings is 1. The summed E-state index contributed by atoms with van der Waals surface area (Å²) in [6.07, 6.45) is 3.22. The predicted octanol–water partition coefficient (Wildman–Crippen LogP) is 2.47. The summed E-state index contributed by atoms with van der Waals surface area (Å²) < 4.78 is 27.4. The summed E-state index contributed by atoms with van der Waals surface area (Å²) in [5.74, 6) is 0.568. The molecule has 0 saturated carbocycles. The van der Waals surface area contributed by atoms with Crippen molar-refractivity contribution in [2.45, 2.75) is 24.1 Å². The van der Waals surface area contributed by atoms with E-state index in [9.17, 15) is 8.42 Å². The summed E-state index contributed by atoms with van der Waals surface area (Å²) in [6.45, 7) is 3.49. The van der Waals surface area contributed by atoms with Crippen molar-refractivity contribution in [3.63, 3.8) is 0 Å². The average molecular weight is 306 g/mol. The molecule has 0 aliphatic carbocycles. The average Bonchev–Trinajstić information content (AvgIpc) is 2.89. The van der Waals surface area contributed by atoms with Gasteiger partial charge in [-0.1, -0.05) is 11.6 Å². The van der Waals surface area contributed by atoms with Gasteiger partial charge in [-0.25, -0.2) is 18.1 Å². The van der Waals surface area contributed by atoms with Crippen LogP contribution in [0.15, 0.2) is 22.7 Å². The van der Waals surface area contributed by atoms with Gasteiger partial charge < -0.3 is 4.98 Å². The number of aryl methyl sites for hydroxylation is 1. The van der Waals surface area contributed by atoms with Crippen molar-refractivity contribution < 1.29 is 8.42 Å². The summed E-state index contributed by atoms with van der Waals surface area (Å²) in [5.41, 5.74) is 0.757. The Bertz CT molecular complexity index is 615. The second-order valence-electron chi connectivity index (χ2n) is 3.84. The number of rotatable bonds is 4. The van der Waals surface area contributed by atoms with Gasteiger partial charge in [0.2, 0.25) is 0 Å². The zero-order chi connectivity index (χ0) is 13.3. The number of halogens is 1. The molecule has 18 heavy (non-hydrogen) atoms. The Hall–Kier alpha value is -0.890. The number of aromatic amines is 1. The Kier molecular flexibility index (Phi) is 3.76. The third-order valence-corrected chi connectivity index (χ3v) is 5.93. The van der Waals surface area contributed by atoms with Crippen LogP contribution in [-0.2, 0) is 10.0 Å². The maximum absolute atomic E-state index is 12.1. The molecule has 0 saturated heterocycles. The zero-order valence-electron chi connectivity index (χ0n) is 9.77. The molecule has 0 bridgehead atoms. The third-order valence-electron chi connectivity index (χ3n) is 2.36. The molecule has 2 heterocycles. The highest BCUT2D eigenvalue weighted by atomic mass is 35.5. The number of nitrogens with one attached hydrogen (secondary N) is 2. The van der Waals surface area contributed by atoms with Crippen LogP contribution in [0, 0.1) is 6.92 Å². The Morgan fingerprint density at radius 3 is 2.78 bits per heavy atom. The fourth-order valence-electron chi connectivity index (χ4n) is 1.43. The van der Waals surface area contributed by atoms with E-state index in [-0.39, 0.29) is 4.21 Å². The van der Waals surface area contributed by atoms with E-state index in [4.69, 9.17) is 11.6 Å². The molecule has 98 valence electrons. The van der Waals surface area contributed by atoms with Gasteiger partial charge in [-0.05, 0) is 25.5 Å². The van der Waals surface area contributed by atoms with Gasteiger partial charge in [0.15, 0.2) is 0 Å². The molecule has 0 aliphatic heterocycles. The lowest BCUT2D eigenvalue weighted by atomic mass is 10.3. The summed E-state index contributed by atoms with van der Waals surface area (Å²) >= 11 is 6.92. The highest BCUT2D eigenvalue weighted by Gasteiger charge is 2.22. The minimum absolute atomic E-state index is 0.211. The van der Waals surface area contributed by atoms with Gasteiger partial charge in [-0.15, -0.1) is 11.3 Å². The van der Waals surface area contributed by atoms with E-state index in [1.807, 2.05) is 0 Å². The first kappa shape index (κ1) is 13.5. The maximum atomic E-state index is 12.1. The van der Waals surface area contributed by atoms with Crippen LogP contribution in [0.1, 0.15) is 24.4 Å². The van der Waals surface area contributed by atoms with Gasteiger partial charge >= 0.3 is 0 Å². The lowest BCUT2D eigenvalue weighted by Crippen LogP contribution is -2.26. The second-order valence-corrected chi connectivity index (χ2v) is 7.43. The number of hydrogen-bond acceptors (Lipinski definition) is 4. The SMILES string of the molecule is Cc1cc(S(=O)(=O)NC(C)c2ncc[nH]2)sc1Cl. The first-order valence-corrected chi connectivity index (χ1v) is 7.85. The molecule has 1 atom stereocenters. The molecule has 0 aliphatic rings. The first-order chi connectivity index (χ1) is 8.40. The van der Waals surface area contributed by atoms with Gasteiger partial charge in [0.05, 0.1) is 10.4 Å². The van der Waals surface area contributed by atoms with Crippen molar-refractivity contribution >= 4 is 33.0 Å². The fraction of sp³-hybridized carbons (Fsp3) is 0.300. The Balaban J connectivity index is 2.22. The van der Waals surface area contributed by atoms with Crippen molar-refractivity contribution in [2.75, 3.05) is 0 Å². The molecule has 8 heteroatoms. The van der Waals surface area contributed by atoms with Crippen molar-refractivity contribution in [1.29, 1.82) is 0 Å². The lowest BCUT2D eigenvalue weighted by molar-refractivity contribution is 0.563. The highest BCUT2D eigenvalue weighted by Crippen LogP contribution is 2.30. The van der Waals surface area contributed by atoms with E-state index >= 15 is 0 Å². The van der Waals surface area contributed by atoms with Crippen molar-refractivity contribution in [1.82, 2.24) is 14.7 Å². The molecule has 0 radical (unpaired) electrons. The molecule has 0 aromatic carbocycles. The van der Waals surface area contributed by atoms with Gasteiger partial charge in [0, 0.05) is 12.4 Å². The summed E-state index contributed by atoms with van der Waals surface area (Å²) in [7, 11) is -3.56. The van der Waals surface area contributed by atoms with E-state index in [1.54, 1.807) is 32.3 Å². The molecule has 0 spiro atoms. The predicted molar refractivity (Wildman–Crippen MR) is 71.4 cm³/mol. The number of thiophene rings is 1. The van der Waals surface area contributed by atoms with E-state index in [2.05, 4.69) is 14.7 Å². The van der Waals surface area contributed by atoms with E-state index in [0.29, 0.717) is 10.2 Å². The Labute approximate surface area is 114 Å². The summed E-state index contributed by atoms with van der Waals surface area (Å²) in [5, 5.41) is 0. The van der Waals surface area contributed by atoms with Crippen LogP contribution < -0.4 is 4.72 Å². The molecule has 0 amide bonds.